The molecule has 0 aliphatic carbocycles. The number of esters is 1. The van der Waals surface area contributed by atoms with Crippen LogP contribution in [0.4, 0.5) is 0 Å². The van der Waals surface area contributed by atoms with Crippen LogP contribution < -0.4 is 0 Å². The van der Waals surface area contributed by atoms with Crippen molar-refractivity contribution >= 4 is 11.8 Å². The van der Waals surface area contributed by atoms with E-state index in [0.717, 1.165) is 0 Å². The number of rotatable bonds is 5. The van der Waals surface area contributed by atoms with Crippen LogP contribution >= 0.6 is 0 Å². The summed E-state index contributed by atoms with van der Waals surface area (Å²) in [6, 6.07) is 0. The van der Waals surface area contributed by atoms with E-state index in [1.54, 1.807) is 0 Å². The van der Waals surface area contributed by atoms with Gasteiger partial charge in [0.15, 0.2) is 5.79 Å². The summed E-state index contributed by atoms with van der Waals surface area (Å²) >= 11 is 0. The summed E-state index contributed by atoms with van der Waals surface area (Å²) in [4.78, 5) is 22.3. The third-order valence-corrected chi connectivity index (χ3v) is 2.39. The SMILES string of the molecule is CCC1(CC(=O)CC(=O)OC)OCCO1. The first-order chi connectivity index (χ1) is 7.12. The van der Waals surface area contributed by atoms with E-state index in [4.69, 9.17) is 9.47 Å². The number of methoxy groups -OCH3 is 1. The van der Waals surface area contributed by atoms with Crippen molar-refractivity contribution < 1.29 is 23.8 Å². The zero-order chi connectivity index (χ0) is 11.3. The molecule has 1 aliphatic rings. The first-order valence-electron chi connectivity index (χ1n) is 4.98. The Morgan fingerprint density at radius 1 is 1.33 bits per heavy atom. The Hall–Kier alpha value is -0.940. The Morgan fingerprint density at radius 2 is 1.93 bits per heavy atom. The lowest BCUT2D eigenvalue weighted by atomic mass is 10.1. The molecule has 0 aromatic carbocycles. The highest BCUT2D eigenvalue weighted by Crippen LogP contribution is 2.27. The van der Waals surface area contributed by atoms with E-state index in [9.17, 15) is 9.59 Å². The summed E-state index contributed by atoms with van der Waals surface area (Å²) < 4.78 is 15.2. The average molecular weight is 216 g/mol. The molecule has 0 spiro atoms. The molecule has 5 nitrogen and oxygen atoms in total. The van der Waals surface area contributed by atoms with Crippen molar-refractivity contribution in [2.24, 2.45) is 0 Å². The molecule has 5 heteroatoms. The summed E-state index contributed by atoms with van der Waals surface area (Å²) in [5.41, 5.74) is 0. The summed E-state index contributed by atoms with van der Waals surface area (Å²) in [5, 5.41) is 0. The average Bonchev–Trinajstić information content (AvgIpc) is 2.66. The second-order valence-electron chi connectivity index (χ2n) is 3.43. The van der Waals surface area contributed by atoms with E-state index < -0.39 is 11.8 Å². The fourth-order valence-corrected chi connectivity index (χ4v) is 1.52. The maximum atomic E-state index is 11.5. The second-order valence-corrected chi connectivity index (χ2v) is 3.43. The van der Waals surface area contributed by atoms with Crippen LogP contribution in [0.3, 0.4) is 0 Å². The van der Waals surface area contributed by atoms with Gasteiger partial charge < -0.3 is 14.2 Å². The number of ether oxygens (including phenoxy) is 3. The number of hydrogen-bond donors (Lipinski definition) is 0. The fraction of sp³-hybridized carbons (Fsp3) is 0.800. The van der Waals surface area contributed by atoms with Gasteiger partial charge in [0.2, 0.25) is 0 Å². The molecule has 15 heavy (non-hydrogen) atoms. The van der Waals surface area contributed by atoms with Crippen molar-refractivity contribution in [1.82, 2.24) is 0 Å². The van der Waals surface area contributed by atoms with E-state index in [-0.39, 0.29) is 18.6 Å². The van der Waals surface area contributed by atoms with E-state index >= 15 is 0 Å². The molecule has 0 aromatic heterocycles. The van der Waals surface area contributed by atoms with Gasteiger partial charge in [0.1, 0.15) is 12.2 Å². The molecule has 86 valence electrons. The Morgan fingerprint density at radius 3 is 2.40 bits per heavy atom. The van der Waals surface area contributed by atoms with Gasteiger partial charge in [0.05, 0.1) is 26.7 Å². The number of hydrogen-bond acceptors (Lipinski definition) is 5. The Labute approximate surface area is 88.7 Å². The first kappa shape index (κ1) is 12.1. The van der Waals surface area contributed by atoms with Crippen molar-refractivity contribution in [2.45, 2.75) is 32.0 Å². The van der Waals surface area contributed by atoms with E-state index in [2.05, 4.69) is 4.74 Å². The maximum Gasteiger partial charge on any atom is 0.313 e. The summed E-state index contributed by atoms with van der Waals surface area (Å²) in [5.74, 6) is -1.56. The van der Waals surface area contributed by atoms with Gasteiger partial charge in [-0.25, -0.2) is 0 Å². The van der Waals surface area contributed by atoms with Crippen LogP contribution in [-0.2, 0) is 23.8 Å². The van der Waals surface area contributed by atoms with Crippen molar-refractivity contribution in [2.75, 3.05) is 20.3 Å². The van der Waals surface area contributed by atoms with Gasteiger partial charge in [-0.05, 0) is 6.42 Å². The van der Waals surface area contributed by atoms with Gasteiger partial charge in [-0.1, -0.05) is 6.92 Å². The van der Waals surface area contributed by atoms with Crippen LogP contribution in [0, 0.1) is 0 Å². The minimum atomic E-state index is -0.814. The minimum Gasteiger partial charge on any atom is -0.469 e. The molecular formula is C10H16O5. The van der Waals surface area contributed by atoms with E-state index in [1.807, 2.05) is 6.92 Å². The van der Waals surface area contributed by atoms with Gasteiger partial charge in [-0.15, -0.1) is 0 Å². The van der Waals surface area contributed by atoms with Crippen LogP contribution in [0.25, 0.3) is 0 Å². The molecule has 0 unspecified atom stereocenters. The molecule has 1 rings (SSSR count). The van der Waals surface area contributed by atoms with Crippen molar-refractivity contribution in [1.29, 1.82) is 0 Å². The lowest BCUT2D eigenvalue weighted by Crippen LogP contribution is -2.33. The number of carbonyl (C=O) groups excluding carboxylic acids is 2. The largest absolute Gasteiger partial charge is 0.469 e. The van der Waals surface area contributed by atoms with Crippen LogP contribution in [0.1, 0.15) is 26.2 Å². The molecular weight excluding hydrogens is 200 g/mol. The molecule has 0 saturated carbocycles. The number of carbonyl (C=O) groups is 2. The van der Waals surface area contributed by atoms with Crippen molar-refractivity contribution in [3.05, 3.63) is 0 Å². The molecule has 1 saturated heterocycles. The molecule has 0 radical (unpaired) electrons. The first-order valence-corrected chi connectivity index (χ1v) is 4.98. The van der Waals surface area contributed by atoms with Crippen LogP contribution in [0.5, 0.6) is 0 Å². The van der Waals surface area contributed by atoms with Crippen LogP contribution in [-0.4, -0.2) is 37.9 Å². The Kier molecular flexibility index (Phi) is 4.23. The van der Waals surface area contributed by atoms with E-state index in [0.29, 0.717) is 19.6 Å². The molecule has 0 bridgehead atoms. The quantitative estimate of drug-likeness (QED) is 0.499. The maximum absolute atomic E-state index is 11.5. The number of Topliss-reactive ketones (excluding diaryl/α,β-unsaturated/α-hetero) is 1. The predicted molar refractivity (Wildman–Crippen MR) is 51.2 cm³/mol. The van der Waals surface area contributed by atoms with Crippen molar-refractivity contribution in [3.8, 4) is 0 Å². The predicted octanol–water partition coefficient (Wildman–Crippen LogP) is 0.662. The Balaban J connectivity index is 2.45. The summed E-state index contributed by atoms with van der Waals surface area (Å²) in [6.07, 6.45) is 0.490. The zero-order valence-corrected chi connectivity index (χ0v) is 9.08. The molecule has 0 N–H and O–H groups in total. The standard InChI is InChI=1S/C10H16O5/c1-3-10(14-4-5-15-10)7-8(11)6-9(12)13-2/h3-7H2,1-2H3. The molecule has 0 atom stereocenters. The third-order valence-electron chi connectivity index (χ3n) is 2.39. The van der Waals surface area contributed by atoms with Gasteiger partial charge >= 0.3 is 5.97 Å². The van der Waals surface area contributed by atoms with Gasteiger partial charge in [0.25, 0.3) is 0 Å². The number of ketones is 1. The molecule has 1 heterocycles. The molecule has 1 fully saturated rings. The molecule has 0 aromatic rings. The lowest BCUT2D eigenvalue weighted by Gasteiger charge is -2.24. The van der Waals surface area contributed by atoms with Crippen molar-refractivity contribution in [3.63, 3.8) is 0 Å². The highest BCUT2D eigenvalue weighted by Gasteiger charge is 2.37. The summed E-state index contributed by atoms with van der Waals surface area (Å²) in [7, 11) is 1.26. The van der Waals surface area contributed by atoms with Gasteiger partial charge in [0, 0.05) is 0 Å². The second kappa shape index (κ2) is 5.23. The topological polar surface area (TPSA) is 61.8 Å². The highest BCUT2D eigenvalue weighted by molar-refractivity contribution is 5.95. The zero-order valence-electron chi connectivity index (χ0n) is 9.08. The third kappa shape index (κ3) is 3.28. The van der Waals surface area contributed by atoms with Gasteiger partial charge in [-0.2, -0.15) is 0 Å². The monoisotopic (exact) mass is 216 g/mol. The molecule has 1 aliphatic heterocycles. The highest BCUT2D eigenvalue weighted by atomic mass is 16.7. The molecule has 0 amide bonds. The van der Waals surface area contributed by atoms with Crippen LogP contribution in [0.15, 0.2) is 0 Å². The Bertz CT molecular complexity index is 242. The van der Waals surface area contributed by atoms with Crippen LogP contribution in [0.2, 0.25) is 0 Å². The smallest absolute Gasteiger partial charge is 0.313 e. The minimum absolute atomic E-state index is 0.110. The normalized spacial score (nSPS) is 18.8. The fourth-order valence-electron chi connectivity index (χ4n) is 1.52. The van der Waals surface area contributed by atoms with Gasteiger partial charge in [-0.3, -0.25) is 9.59 Å². The lowest BCUT2D eigenvalue weighted by molar-refractivity contribution is -0.171. The summed E-state index contributed by atoms with van der Waals surface area (Å²) in [6.45, 7) is 2.88. The van der Waals surface area contributed by atoms with E-state index in [1.165, 1.54) is 7.11 Å².